The zero-order valence-corrected chi connectivity index (χ0v) is 15.3. The summed E-state index contributed by atoms with van der Waals surface area (Å²) >= 11 is 0. The second kappa shape index (κ2) is 8.18. The molecular weight excluding hydrogens is 350 g/mol. The van der Waals surface area contributed by atoms with Gasteiger partial charge in [0.1, 0.15) is 11.6 Å². The third kappa shape index (κ3) is 4.62. The summed E-state index contributed by atoms with van der Waals surface area (Å²) in [5, 5.41) is 10.3. The lowest BCUT2D eigenvalue weighted by molar-refractivity contribution is 0.461. The molecule has 2 aromatic heterocycles. The molecule has 6 heteroatoms. The Balaban J connectivity index is 1.64. The maximum atomic E-state index is 5.90. The van der Waals surface area contributed by atoms with Gasteiger partial charge in [-0.25, -0.2) is 4.98 Å². The molecule has 2 N–H and O–H groups in total. The molecule has 28 heavy (non-hydrogen) atoms. The van der Waals surface area contributed by atoms with Crippen molar-refractivity contribution in [1.82, 2.24) is 20.2 Å². The van der Waals surface area contributed by atoms with Gasteiger partial charge < -0.3 is 10.1 Å². The molecule has 2 aromatic carbocycles. The van der Waals surface area contributed by atoms with Gasteiger partial charge in [0, 0.05) is 17.8 Å². The summed E-state index contributed by atoms with van der Waals surface area (Å²) in [6.07, 6.45) is 3.82. The van der Waals surface area contributed by atoms with Gasteiger partial charge in [-0.1, -0.05) is 54.6 Å². The molecule has 0 amide bonds. The molecule has 0 unspecified atom stereocenters. The van der Waals surface area contributed by atoms with E-state index >= 15 is 0 Å². The average molecular weight is 369 g/mol. The van der Waals surface area contributed by atoms with Crippen LogP contribution in [0.4, 0.5) is 11.6 Å². The van der Waals surface area contributed by atoms with Gasteiger partial charge in [0.15, 0.2) is 11.6 Å². The molecule has 0 aliphatic rings. The Bertz CT molecular complexity index is 1070. The highest BCUT2D eigenvalue weighted by molar-refractivity contribution is 5.67. The molecule has 0 radical (unpaired) electrons. The number of hydrogen-bond acceptors (Lipinski definition) is 5. The van der Waals surface area contributed by atoms with E-state index in [0.29, 0.717) is 29.1 Å². The summed E-state index contributed by atoms with van der Waals surface area (Å²) < 4.78 is 5.90. The van der Waals surface area contributed by atoms with E-state index in [1.807, 2.05) is 85.8 Å². The fourth-order valence-corrected chi connectivity index (χ4v) is 2.59. The number of aromatic amines is 1. The Morgan fingerprint density at radius 1 is 0.857 bits per heavy atom. The SMILES string of the molecule is Cc1cc(Nc2cc(Oc3ccccc3)nc(/C=C/c3ccccc3)n2)n[nH]1. The van der Waals surface area contributed by atoms with Crippen molar-refractivity contribution >= 4 is 23.8 Å². The summed E-state index contributed by atoms with van der Waals surface area (Å²) in [6, 6.07) is 23.2. The van der Waals surface area contributed by atoms with Gasteiger partial charge in [-0.05, 0) is 30.7 Å². The highest BCUT2D eigenvalue weighted by Gasteiger charge is 2.07. The van der Waals surface area contributed by atoms with Gasteiger partial charge in [-0.2, -0.15) is 10.1 Å². The predicted molar refractivity (Wildman–Crippen MR) is 111 cm³/mol. The lowest BCUT2D eigenvalue weighted by Gasteiger charge is -2.08. The highest BCUT2D eigenvalue weighted by Crippen LogP contribution is 2.23. The molecule has 4 rings (SSSR count). The van der Waals surface area contributed by atoms with Gasteiger partial charge in [-0.3, -0.25) is 5.10 Å². The number of aromatic nitrogens is 4. The molecule has 0 fully saturated rings. The van der Waals surface area contributed by atoms with Gasteiger partial charge in [-0.15, -0.1) is 0 Å². The number of rotatable bonds is 6. The molecule has 0 aliphatic heterocycles. The third-order valence-corrected chi connectivity index (χ3v) is 3.87. The van der Waals surface area contributed by atoms with Crippen LogP contribution in [0.1, 0.15) is 17.1 Å². The lowest BCUT2D eigenvalue weighted by Crippen LogP contribution is -1.99. The third-order valence-electron chi connectivity index (χ3n) is 3.87. The van der Waals surface area contributed by atoms with Gasteiger partial charge in [0.25, 0.3) is 0 Å². The van der Waals surface area contributed by atoms with Crippen LogP contribution < -0.4 is 10.1 Å². The van der Waals surface area contributed by atoms with Crippen molar-refractivity contribution in [3.8, 4) is 11.6 Å². The quantitative estimate of drug-likeness (QED) is 0.488. The number of benzene rings is 2. The monoisotopic (exact) mass is 369 g/mol. The number of anilines is 2. The molecule has 0 spiro atoms. The van der Waals surface area contributed by atoms with Crippen LogP contribution in [0, 0.1) is 6.92 Å². The van der Waals surface area contributed by atoms with E-state index < -0.39 is 0 Å². The summed E-state index contributed by atoms with van der Waals surface area (Å²) in [5.41, 5.74) is 2.03. The zero-order chi connectivity index (χ0) is 19.2. The van der Waals surface area contributed by atoms with Crippen LogP contribution in [-0.2, 0) is 0 Å². The molecule has 0 saturated carbocycles. The molecule has 0 saturated heterocycles. The van der Waals surface area contributed by atoms with Crippen molar-refractivity contribution in [3.63, 3.8) is 0 Å². The number of nitrogens with one attached hydrogen (secondary N) is 2. The Morgan fingerprint density at radius 2 is 1.61 bits per heavy atom. The predicted octanol–water partition coefficient (Wildman–Crippen LogP) is 5.21. The van der Waals surface area contributed by atoms with Crippen molar-refractivity contribution in [2.45, 2.75) is 6.92 Å². The first kappa shape index (κ1) is 17.5. The molecule has 0 atom stereocenters. The number of ether oxygens (including phenoxy) is 1. The fraction of sp³-hybridized carbons (Fsp3) is 0.0455. The van der Waals surface area contributed by atoms with Gasteiger partial charge in [0.2, 0.25) is 5.88 Å². The van der Waals surface area contributed by atoms with Crippen molar-refractivity contribution in [2.24, 2.45) is 0 Å². The molecule has 6 nitrogen and oxygen atoms in total. The number of aryl methyl sites for hydroxylation is 1. The Labute approximate surface area is 163 Å². The standard InChI is InChI=1S/C22H19N5O/c1-16-14-21(27-26-16)24-20-15-22(28-18-10-6-3-7-11-18)25-19(23-20)13-12-17-8-4-2-5-9-17/h2-15H,1H3,(H2,23,24,25,26,27)/b13-12+. The van der Waals surface area contributed by atoms with Crippen LogP contribution >= 0.6 is 0 Å². The molecule has 138 valence electrons. The molecule has 2 heterocycles. The van der Waals surface area contributed by atoms with E-state index in [9.17, 15) is 0 Å². The van der Waals surface area contributed by atoms with Crippen molar-refractivity contribution in [3.05, 3.63) is 89.9 Å². The van der Waals surface area contributed by atoms with Gasteiger partial charge in [0.05, 0.1) is 0 Å². The first-order valence-electron chi connectivity index (χ1n) is 8.89. The van der Waals surface area contributed by atoms with E-state index in [0.717, 1.165) is 11.3 Å². The molecular formula is C22H19N5O. The lowest BCUT2D eigenvalue weighted by atomic mass is 10.2. The van der Waals surface area contributed by atoms with E-state index in [2.05, 4.69) is 25.5 Å². The van der Waals surface area contributed by atoms with E-state index in [1.165, 1.54) is 0 Å². The number of H-pyrrole nitrogens is 1. The molecule has 0 bridgehead atoms. The average Bonchev–Trinajstić information content (AvgIpc) is 3.12. The topological polar surface area (TPSA) is 75.7 Å². The molecule has 0 aliphatic carbocycles. The second-order valence-corrected chi connectivity index (χ2v) is 6.17. The minimum Gasteiger partial charge on any atom is -0.439 e. The van der Waals surface area contributed by atoms with Crippen LogP contribution in [0.2, 0.25) is 0 Å². The normalized spacial score (nSPS) is 10.9. The summed E-state index contributed by atoms with van der Waals surface area (Å²) in [4.78, 5) is 9.05. The first-order chi connectivity index (χ1) is 13.7. The number of para-hydroxylation sites is 1. The van der Waals surface area contributed by atoms with Crippen LogP contribution in [-0.4, -0.2) is 20.2 Å². The largest absolute Gasteiger partial charge is 0.439 e. The van der Waals surface area contributed by atoms with E-state index in [4.69, 9.17) is 4.74 Å². The Morgan fingerprint density at radius 3 is 2.32 bits per heavy atom. The fourth-order valence-electron chi connectivity index (χ4n) is 2.59. The van der Waals surface area contributed by atoms with E-state index in [-0.39, 0.29) is 0 Å². The van der Waals surface area contributed by atoms with Crippen LogP contribution in [0.3, 0.4) is 0 Å². The van der Waals surface area contributed by atoms with E-state index in [1.54, 1.807) is 6.07 Å². The first-order valence-corrected chi connectivity index (χ1v) is 8.89. The summed E-state index contributed by atoms with van der Waals surface area (Å²) in [5.74, 6) is 2.97. The zero-order valence-electron chi connectivity index (χ0n) is 15.3. The smallest absolute Gasteiger partial charge is 0.224 e. The van der Waals surface area contributed by atoms with Crippen molar-refractivity contribution in [2.75, 3.05) is 5.32 Å². The van der Waals surface area contributed by atoms with Crippen molar-refractivity contribution < 1.29 is 4.74 Å². The minimum atomic E-state index is 0.448. The van der Waals surface area contributed by atoms with Crippen LogP contribution in [0.5, 0.6) is 11.6 Å². The summed E-state index contributed by atoms with van der Waals surface area (Å²) in [6.45, 7) is 1.94. The second-order valence-electron chi connectivity index (χ2n) is 6.17. The highest BCUT2D eigenvalue weighted by atomic mass is 16.5. The van der Waals surface area contributed by atoms with Crippen LogP contribution in [0.15, 0.2) is 72.8 Å². The van der Waals surface area contributed by atoms with Crippen LogP contribution in [0.25, 0.3) is 12.2 Å². The maximum absolute atomic E-state index is 5.90. The van der Waals surface area contributed by atoms with Crippen molar-refractivity contribution in [1.29, 1.82) is 0 Å². The molecule has 4 aromatic rings. The Hall–Kier alpha value is -3.93. The van der Waals surface area contributed by atoms with Gasteiger partial charge >= 0.3 is 0 Å². The maximum Gasteiger partial charge on any atom is 0.224 e. The number of hydrogen-bond donors (Lipinski definition) is 2. The summed E-state index contributed by atoms with van der Waals surface area (Å²) in [7, 11) is 0. The Kier molecular flexibility index (Phi) is 5.11. The minimum absolute atomic E-state index is 0.448. The number of nitrogens with zero attached hydrogens (tertiary/aromatic N) is 3.